The van der Waals surface area contributed by atoms with Crippen molar-refractivity contribution in [3.8, 4) is 5.75 Å². The number of ether oxygens (including phenoxy) is 1. The lowest BCUT2D eigenvalue weighted by atomic mass is 10.1. The lowest BCUT2D eigenvalue weighted by Gasteiger charge is -2.04. The van der Waals surface area contributed by atoms with E-state index in [1.807, 2.05) is 12.1 Å². The number of rotatable bonds is 3. The van der Waals surface area contributed by atoms with Crippen LogP contribution in [0.1, 0.15) is 11.1 Å². The largest absolute Gasteiger partial charge is 0.493 e. The molecule has 0 radical (unpaired) electrons. The van der Waals surface area contributed by atoms with E-state index in [0.717, 1.165) is 24.3 Å². The summed E-state index contributed by atoms with van der Waals surface area (Å²) in [5.74, 6) is 0.831. The molecule has 0 spiro atoms. The fourth-order valence-corrected chi connectivity index (χ4v) is 1.80. The molecule has 0 bridgehead atoms. The molecular formula is C12H13NO2S. The maximum Gasteiger partial charge on any atom is 0.244 e. The van der Waals surface area contributed by atoms with Gasteiger partial charge < -0.3 is 10.1 Å². The molecule has 0 aliphatic carbocycles. The SMILES string of the molecule is O=C(/C=C\S)NCc1ccc2c(c1)CCO2. The van der Waals surface area contributed by atoms with Gasteiger partial charge in [0.15, 0.2) is 0 Å². The Balaban J connectivity index is 1.98. The van der Waals surface area contributed by atoms with Gasteiger partial charge in [-0.2, -0.15) is 12.6 Å². The summed E-state index contributed by atoms with van der Waals surface area (Å²) in [6.07, 6.45) is 2.34. The van der Waals surface area contributed by atoms with Gasteiger partial charge in [0.1, 0.15) is 5.75 Å². The second kappa shape index (κ2) is 5.07. The van der Waals surface area contributed by atoms with Crippen molar-refractivity contribution in [2.45, 2.75) is 13.0 Å². The topological polar surface area (TPSA) is 38.3 Å². The molecule has 1 amide bonds. The fraction of sp³-hybridized carbons (Fsp3) is 0.250. The molecule has 3 nitrogen and oxygen atoms in total. The van der Waals surface area contributed by atoms with Gasteiger partial charge in [-0.3, -0.25) is 4.79 Å². The Morgan fingerprint density at radius 2 is 2.44 bits per heavy atom. The summed E-state index contributed by atoms with van der Waals surface area (Å²) in [6.45, 7) is 1.29. The monoisotopic (exact) mass is 235 g/mol. The first-order valence-corrected chi connectivity index (χ1v) is 5.64. The van der Waals surface area contributed by atoms with Crippen LogP contribution < -0.4 is 10.1 Å². The highest BCUT2D eigenvalue weighted by Gasteiger charge is 2.11. The number of nitrogens with one attached hydrogen (secondary N) is 1. The molecule has 1 heterocycles. The van der Waals surface area contributed by atoms with Crippen LogP contribution in [0.4, 0.5) is 0 Å². The van der Waals surface area contributed by atoms with Crippen molar-refractivity contribution >= 4 is 18.5 Å². The van der Waals surface area contributed by atoms with Crippen LogP contribution in [0.3, 0.4) is 0 Å². The van der Waals surface area contributed by atoms with Crippen molar-refractivity contribution in [1.29, 1.82) is 0 Å². The molecule has 1 aliphatic rings. The van der Waals surface area contributed by atoms with E-state index in [-0.39, 0.29) is 5.91 Å². The van der Waals surface area contributed by atoms with Gasteiger partial charge in [-0.15, -0.1) is 0 Å². The highest BCUT2D eigenvalue weighted by atomic mass is 32.1. The lowest BCUT2D eigenvalue weighted by molar-refractivity contribution is -0.116. The standard InChI is InChI=1S/C12H13NO2S/c14-12(4-6-16)13-8-9-1-2-11-10(7-9)3-5-15-11/h1-2,4,6-7,16H,3,5,8H2,(H,13,14)/b6-4-. The number of fused-ring (bicyclic) bond motifs is 1. The Kier molecular flexibility index (Phi) is 3.51. The molecule has 2 rings (SSSR count). The Bertz CT molecular complexity index is 429. The fourth-order valence-electron chi connectivity index (χ4n) is 1.67. The average molecular weight is 235 g/mol. The van der Waals surface area contributed by atoms with Gasteiger partial charge in [0, 0.05) is 19.0 Å². The van der Waals surface area contributed by atoms with Crippen molar-refractivity contribution in [2.75, 3.05) is 6.61 Å². The lowest BCUT2D eigenvalue weighted by Crippen LogP contribution is -2.20. The first-order valence-electron chi connectivity index (χ1n) is 5.13. The van der Waals surface area contributed by atoms with Gasteiger partial charge >= 0.3 is 0 Å². The van der Waals surface area contributed by atoms with Crippen molar-refractivity contribution < 1.29 is 9.53 Å². The van der Waals surface area contributed by atoms with E-state index in [9.17, 15) is 4.79 Å². The van der Waals surface area contributed by atoms with E-state index in [2.05, 4.69) is 24.0 Å². The third-order valence-corrected chi connectivity index (χ3v) is 2.60. The maximum absolute atomic E-state index is 11.2. The number of carbonyl (C=O) groups is 1. The summed E-state index contributed by atoms with van der Waals surface area (Å²) in [5.41, 5.74) is 2.31. The third-order valence-electron chi connectivity index (χ3n) is 2.45. The van der Waals surface area contributed by atoms with Crippen LogP contribution in [0.5, 0.6) is 5.75 Å². The highest BCUT2D eigenvalue weighted by molar-refractivity contribution is 7.83. The van der Waals surface area contributed by atoms with Crippen LogP contribution in [0.2, 0.25) is 0 Å². The van der Waals surface area contributed by atoms with E-state index in [0.29, 0.717) is 6.54 Å². The smallest absolute Gasteiger partial charge is 0.244 e. The number of benzene rings is 1. The molecule has 1 N–H and O–H groups in total. The first-order chi connectivity index (χ1) is 7.79. The summed E-state index contributed by atoms with van der Waals surface area (Å²) in [7, 11) is 0. The second-order valence-electron chi connectivity index (χ2n) is 3.57. The molecular weight excluding hydrogens is 222 g/mol. The van der Waals surface area contributed by atoms with Crippen LogP contribution in [-0.2, 0) is 17.8 Å². The second-order valence-corrected chi connectivity index (χ2v) is 3.87. The summed E-state index contributed by atoms with van der Waals surface area (Å²) in [5, 5.41) is 4.20. The van der Waals surface area contributed by atoms with Gasteiger partial charge in [0.25, 0.3) is 0 Å². The first kappa shape index (κ1) is 11.1. The number of thiol groups is 1. The number of hydrogen-bond acceptors (Lipinski definition) is 3. The van der Waals surface area contributed by atoms with Gasteiger partial charge in [0.05, 0.1) is 6.61 Å². The van der Waals surface area contributed by atoms with E-state index < -0.39 is 0 Å². The van der Waals surface area contributed by atoms with Crippen molar-refractivity contribution in [3.05, 3.63) is 40.8 Å². The molecule has 0 saturated carbocycles. The van der Waals surface area contributed by atoms with Crippen LogP contribution >= 0.6 is 12.6 Å². The average Bonchev–Trinajstić information content (AvgIpc) is 2.74. The van der Waals surface area contributed by atoms with Gasteiger partial charge in [-0.05, 0) is 22.6 Å². The molecule has 0 fully saturated rings. The molecule has 16 heavy (non-hydrogen) atoms. The Hall–Kier alpha value is -1.42. The maximum atomic E-state index is 11.2. The molecule has 4 heteroatoms. The zero-order valence-corrected chi connectivity index (χ0v) is 9.67. The minimum atomic E-state index is -0.133. The van der Waals surface area contributed by atoms with E-state index >= 15 is 0 Å². The number of carbonyl (C=O) groups excluding carboxylic acids is 1. The van der Waals surface area contributed by atoms with Crippen LogP contribution in [0.25, 0.3) is 0 Å². The molecule has 0 unspecified atom stereocenters. The van der Waals surface area contributed by atoms with E-state index in [4.69, 9.17) is 4.74 Å². The summed E-state index contributed by atoms with van der Waals surface area (Å²) in [6, 6.07) is 6.00. The van der Waals surface area contributed by atoms with E-state index in [1.54, 1.807) is 0 Å². The third kappa shape index (κ3) is 2.58. The number of amides is 1. The van der Waals surface area contributed by atoms with Crippen LogP contribution in [0, 0.1) is 0 Å². The van der Waals surface area contributed by atoms with Crippen molar-refractivity contribution in [2.24, 2.45) is 0 Å². The molecule has 0 atom stereocenters. The zero-order chi connectivity index (χ0) is 11.4. The Morgan fingerprint density at radius 3 is 3.25 bits per heavy atom. The van der Waals surface area contributed by atoms with Crippen LogP contribution in [0.15, 0.2) is 29.7 Å². The number of hydrogen-bond donors (Lipinski definition) is 2. The Labute approximate surface area is 99.9 Å². The van der Waals surface area contributed by atoms with Crippen molar-refractivity contribution in [3.63, 3.8) is 0 Å². The molecule has 1 aromatic carbocycles. The zero-order valence-electron chi connectivity index (χ0n) is 8.77. The van der Waals surface area contributed by atoms with Crippen LogP contribution in [-0.4, -0.2) is 12.5 Å². The minimum Gasteiger partial charge on any atom is -0.493 e. The summed E-state index contributed by atoms with van der Waals surface area (Å²) in [4.78, 5) is 11.2. The molecule has 0 saturated heterocycles. The highest BCUT2D eigenvalue weighted by Crippen LogP contribution is 2.25. The van der Waals surface area contributed by atoms with Gasteiger partial charge in [-0.25, -0.2) is 0 Å². The molecule has 0 aromatic heterocycles. The summed E-state index contributed by atoms with van der Waals surface area (Å²) >= 11 is 3.84. The summed E-state index contributed by atoms with van der Waals surface area (Å²) < 4.78 is 5.41. The quantitative estimate of drug-likeness (QED) is 0.618. The molecule has 84 valence electrons. The van der Waals surface area contributed by atoms with Crippen molar-refractivity contribution in [1.82, 2.24) is 5.32 Å². The van der Waals surface area contributed by atoms with Gasteiger partial charge in [0.2, 0.25) is 5.91 Å². The predicted octanol–water partition coefficient (Wildman–Crippen LogP) is 1.68. The normalized spacial score (nSPS) is 13.6. The minimum absolute atomic E-state index is 0.133. The van der Waals surface area contributed by atoms with E-state index in [1.165, 1.54) is 17.0 Å². The Morgan fingerprint density at radius 1 is 1.56 bits per heavy atom. The molecule has 1 aliphatic heterocycles. The predicted molar refractivity (Wildman–Crippen MR) is 65.6 cm³/mol. The van der Waals surface area contributed by atoms with Gasteiger partial charge in [-0.1, -0.05) is 12.1 Å². The molecule has 1 aromatic rings.